The highest BCUT2D eigenvalue weighted by atomic mass is 16.7. The van der Waals surface area contributed by atoms with Crippen LogP contribution in [0.4, 0.5) is 0 Å². The maximum atomic E-state index is 11.8. The fourth-order valence-corrected chi connectivity index (χ4v) is 1.87. The van der Waals surface area contributed by atoms with E-state index in [4.69, 9.17) is 9.57 Å². The fourth-order valence-electron chi connectivity index (χ4n) is 1.87. The Morgan fingerprint density at radius 3 is 2.89 bits per heavy atom. The number of benzene rings is 1. The Kier molecular flexibility index (Phi) is 4.55. The van der Waals surface area contributed by atoms with Gasteiger partial charge in [0.15, 0.2) is 0 Å². The van der Waals surface area contributed by atoms with Crippen molar-refractivity contribution in [3.63, 3.8) is 0 Å². The van der Waals surface area contributed by atoms with Crippen molar-refractivity contribution in [2.75, 3.05) is 20.2 Å². The van der Waals surface area contributed by atoms with Crippen molar-refractivity contribution in [3.8, 4) is 5.75 Å². The van der Waals surface area contributed by atoms with Gasteiger partial charge >= 0.3 is 0 Å². The number of ether oxygens (including phenoxy) is 1. The number of nitrogens with one attached hydrogen (secondary N) is 2. The lowest BCUT2D eigenvalue weighted by molar-refractivity contribution is -0.0282. The lowest BCUT2D eigenvalue weighted by Gasteiger charge is -2.22. The molecule has 0 saturated carbocycles. The van der Waals surface area contributed by atoms with Crippen molar-refractivity contribution < 1.29 is 14.4 Å². The highest BCUT2D eigenvalue weighted by Gasteiger charge is 2.15. The summed E-state index contributed by atoms with van der Waals surface area (Å²) in [6.45, 7) is 1.86. The van der Waals surface area contributed by atoms with E-state index in [9.17, 15) is 4.79 Å². The fraction of sp³-hybridized carbons (Fsp3) is 0.462. The van der Waals surface area contributed by atoms with Crippen molar-refractivity contribution in [3.05, 3.63) is 29.8 Å². The van der Waals surface area contributed by atoms with Gasteiger partial charge in [-0.3, -0.25) is 9.63 Å². The number of piperidine rings is 1. The molecule has 1 aliphatic heterocycles. The van der Waals surface area contributed by atoms with E-state index in [0.29, 0.717) is 11.3 Å². The van der Waals surface area contributed by atoms with Gasteiger partial charge in [-0.2, -0.15) is 0 Å². The number of rotatable bonds is 4. The molecule has 0 unspecified atom stereocenters. The lowest BCUT2D eigenvalue weighted by atomic mass is 10.1. The van der Waals surface area contributed by atoms with Crippen molar-refractivity contribution in [2.24, 2.45) is 0 Å². The van der Waals surface area contributed by atoms with Gasteiger partial charge in [0.05, 0.1) is 13.2 Å². The molecule has 0 radical (unpaired) electrons. The van der Waals surface area contributed by atoms with Gasteiger partial charge in [0, 0.05) is 5.56 Å². The molecule has 1 amide bonds. The number of hydroxylamine groups is 1. The molecule has 98 valence electrons. The third kappa shape index (κ3) is 3.45. The Morgan fingerprint density at radius 1 is 1.39 bits per heavy atom. The Morgan fingerprint density at radius 2 is 2.17 bits per heavy atom. The summed E-state index contributed by atoms with van der Waals surface area (Å²) in [6.07, 6.45) is 1.93. The first-order valence-corrected chi connectivity index (χ1v) is 6.10. The van der Waals surface area contributed by atoms with Crippen LogP contribution in [-0.2, 0) is 4.84 Å². The summed E-state index contributed by atoms with van der Waals surface area (Å²) >= 11 is 0. The molecule has 18 heavy (non-hydrogen) atoms. The van der Waals surface area contributed by atoms with Crippen LogP contribution in [0.1, 0.15) is 23.2 Å². The van der Waals surface area contributed by atoms with Crippen LogP contribution in [-0.4, -0.2) is 32.2 Å². The van der Waals surface area contributed by atoms with Crippen molar-refractivity contribution in [1.29, 1.82) is 0 Å². The zero-order valence-corrected chi connectivity index (χ0v) is 10.4. The minimum atomic E-state index is -0.243. The molecule has 2 rings (SSSR count). The van der Waals surface area contributed by atoms with Gasteiger partial charge < -0.3 is 10.1 Å². The number of amides is 1. The first-order valence-electron chi connectivity index (χ1n) is 6.10. The number of carbonyl (C=O) groups is 1. The standard InChI is InChI=1S/C13H18N2O3/c1-17-12-4-2-3-10(9-12)13(16)15-18-11-5-7-14-8-6-11/h2-4,9,11,14H,5-8H2,1H3,(H,15,16). The maximum absolute atomic E-state index is 11.8. The van der Waals surface area contributed by atoms with E-state index in [1.807, 2.05) is 0 Å². The van der Waals surface area contributed by atoms with E-state index < -0.39 is 0 Å². The van der Waals surface area contributed by atoms with Gasteiger partial charge in [0.25, 0.3) is 5.91 Å². The van der Waals surface area contributed by atoms with Gasteiger partial charge in [-0.25, -0.2) is 5.48 Å². The summed E-state index contributed by atoms with van der Waals surface area (Å²) in [5.74, 6) is 0.414. The number of hydrogen-bond acceptors (Lipinski definition) is 4. The first-order chi connectivity index (χ1) is 8.79. The van der Waals surface area contributed by atoms with Gasteiger partial charge in [0.1, 0.15) is 5.75 Å². The van der Waals surface area contributed by atoms with Crippen LogP contribution in [0, 0.1) is 0 Å². The van der Waals surface area contributed by atoms with Crippen molar-refractivity contribution in [2.45, 2.75) is 18.9 Å². The van der Waals surface area contributed by atoms with Crippen LogP contribution in [0.3, 0.4) is 0 Å². The third-order valence-electron chi connectivity index (χ3n) is 2.94. The molecule has 2 N–H and O–H groups in total. The minimum Gasteiger partial charge on any atom is -0.497 e. The van der Waals surface area contributed by atoms with E-state index >= 15 is 0 Å². The average Bonchev–Trinajstić information content (AvgIpc) is 2.46. The number of methoxy groups -OCH3 is 1. The average molecular weight is 250 g/mol. The zero-order valence-electron chi connectivity index (χ0n) is 10.4. The normalized spacial score (nSPS) is 16.3. The van der Waals surface area contributed by atoms with E-state index in [0.717, 1.165) is 25.9 Å². The van der Waals surface area contributed by atoms with Gasteiger partial charge in [-0.05, 0) is 44.1 Å². The molecule has 5 nitrogen and oxygen atoms in total. The second kappa shape index (κ2) is 6.37. The molecule has 0 bridgehead atoms. The molecule has 1 aromatic rings. The molecule has 0 atom stereocenters. The Labute approximate surface area is 106 Å². The van der Waals surface area contributed by atoms with Crippen LogP contribution < -0.4 is 15.5 Å². The molecule has 5 heteroatoms. The van der Waals surface area contributed by atoms with E-state index in [2.05, 4.69) is 10.8 Å². The third-order valence-corrected chi connectivity index (χ3v) is 2.94. The van der Waals surface area contributed by atoms with Gasteiger partial charge in [-0.1, -0.05) is 6.07 Å². The van der Waals surface area contributed by atoms with Gasteiger partial charge in [-0.15, -0.1) is 0 Å². The molecular weight excluding hydrogens is 232 g/mol. The quantitative estimate of drug-likeness (QED) is 0.786. The summed E-state index contributed by atoms with van der Waals surface area (Å²) in [5.41, 5.74) is 3.03. The smallest absolute Gasteiger partial charge is 0.274 e. The van der Waals surface area contributed by atoms with Crippen LogP contribution in [0.2, 0.25) is 0 Å². The van der Waals surface area contributed by atoms with E-state index in [1.165, 1.54) is 0 Å². The summed E-state index contributed by atoms with van der Waals surface area (Å²) in [6, 6.07) is 6.98. The molecule has 1 fully saturated rings. The number of carbonyl (C=O) groups excluding carboxylic acids is 1. The largest absolute Gasteiger partial charge is 0.497 e. The highest BCUT2D eigenvalue weighted by Crippen LogP contribution is 2.12. The van der Waals surface area contributed by atoms with Crippen LogP contribution in [0.5, 0.6) is 5.75 Å². The maximum Gasteiger partial charge on any atom is 0.274 e. The molecule has 0 spiro atoms. The summed E-state index contributed by atoms with van der Waals surface area (Å²) < 4.78 is 5.07. The lowest BCUT2D eigenvalue weighted by Crippen LogP contribution is -2.37. The topological polar surface area (TPSA) is 59.6 Å². The van der Waals surface area contributed by atoms with Gasteiger partial charge in [0.2, 0.25) is 0 Å². The van der Waals surface area contributed by atoms with Crippen LogP contribution in [0.15, 0.2) is 24.3 Å². The predicted octanol–water partition coefficient (Wildman–Crippen LogP) is 1.11. The monoisotopic (exact) mass is 250 g/mol. The van der Waals surface area contributed by atoms with E-state index in [1.54, 1.807) is 31.4 Å². The number of hydrogen-bond donors (Lipinski definition) is 2. The van der Waals surface area contributed by atoms with Crippen LogP contribution in [0.25, 0.3) is 0 Å². The summed E-state index contributed by atoms with van der Waals surface area (Å²) in [5, 5.41) is 3.24. The first kappa shape index (κ1) is 12.9. The van der Waals surface area contributed by atoms with Crippen molar-refractivity contribution in [1.82, 2.24) is 10.8 Å². The predicted molar refractivity (Wildman–Crippen MR) is 67.4 cm³/mol. The van der Waals surface area contributed by atoms with Crippen LogP contribution >= 0.6 is 0 Å². The molecule has 1 aliphatic rings. The minimum absolute atomic E-state index is 0.0980. The Balaban J connectivity index is 1.86. The highest BCUT2D eigenvalue weighted by molar-refractivity contribution is 5.93. The Bertz CT molecular complexity index is 403. The molecular formula is C13H18N2O3. The summed E-state index contributed by atoms with van der Waals surface area (Å²) in [7, 11) is 1.57. The zero-order chi connectivity index (χ0) is 12.8. The second-order valence-corrected chi connectivity index (χ2v) is 4.23. The second-order valence-electron chi connectivity index (χ2n) is 4.23. The van der Waals surface area contributed by atoms with E-state index in [-0.39, 0.29) is 12.0 Å². The van der Waals surface area contributed by atoms with Crippen molar-refractivity contribution >= 4 is 5.91 Å². The molecule has 0 aromatic heterocycles. The molecule has 1 aromatic carbocycles. The molecule has 0 aliphatic carbocycles. The summed E-state index contributed by atoms with van der Waals surface area (Å²) in [4.78, 5) is 17.2. The SMILES string of the molecule is COc1cccc(C(=O)NOC2CCNCC2)c1. The molecule has 1 saturated heterocycles. The Hall–Kier alpha value is -1.59. The molecule has 1 heterocycles.